The zero-order chi connectivity index (χ0) is 15.6. The molecular formula is C14H17FN4OS. The van der Waals surface area contributed by atoms with Crippen LogP contribution in [0.25, 0.3) is 0 Å². The van der Waals surface area contributed by atoms with Gasteiger partial charge >= 0.3 is 0 Å². The molecule has 0 aliphatic heterocycles. The summed E-state index contributed by atoms with van der Waals surface area (Å²) in [6, 6.07) is 4.37. The highest BCUT2D eigenvalue weighted by atomic mass is 32.1. The number of nitrogens with zero attached hydrogens (tertiary/aromatic N) is 3. The fraction of sp³-hybridized carbons (Fsp3) is 0.357. The summed E-state index contributed by atoms with van der Waals surface area (Å²) in [7, 11) is 3.49. The minimum Gasteiger partial charge on any atom is -0.375 e. The van der Waals surface area contributed by atoms with Gasteiger partial charge in [0.1, 0.15) is 10.8 Å². The summed E-state index contributed by atoms with van der Waals surface area (Å²) in [6.45, 7) is 4.00. The maximum Gasteiger partial charge on any atom is 0.257 e. The van der Waals surface area contributed by atoms with Gasteiger partial charge in [0.2, 0.25) is 5.13 Å². The Labute approximate surface area is 126 Å². The molecule has 1 aromatic carbocycles. The van der Waals surface area contributed by atoms with E-state index < -0.39 is 11.7 Å². The molecule has 1 heterocycles. The highest BCUT2D eigenvalue weighted by molar-refractivity contribution is 7.15. The van der Waals surface area contributed by atoms with Crippen molar-refractivity contribution < 1.29 is 9.18 Å². The van der Waals surface area contributed by atoms with Gasteiger partial charge in [-0.3, -0.25) is 10.1 Å². The molecule has 0 atom stereocenters. The second-order valence-corrected chi connectivity index (χ2v) is 6.12. The van der Waals surface area contributed by atoms with E-state index in [1.165, 1.54) is 17.4 Å². The lowest BCUT2D eigenvalue weighted by atomic mass is 10.2. The number of halogens is 1. The molecule has 0 bridgehead atoms. The number of benzene rings is 1. The summed E-state index contributed by atoms with van der Waals surface area (Å²) in [5, 5.41) is 11.8. The number of hydrogen-bond acceptors (Lipinski definition) is 5. The summed E-state index contributed by atoms with van der Waals surface area (Å²) in [5.41, 5.74) is 0.684. The van der Waals surface area contributed by atoms with Crippen molar-refractivity contribution in [3.8, 4) is 0 Å². The Kier molecular flexibility index (Phi) is 4.52. The van der Waals surface area contributed by atoms with Crippen LogP contribution in [0.1, 0.15) is 35.1 Å². The highest BCUT2D eigenvalue weighted by Crippen LogP contribution is 2.23. The van der Waals surface area contributed by atoms with Gasteiger partial charge in [-0.25, -0.2) is 4.39 Å². The lowest BCUT2D eigenvalue weighted by molar-refractivity contribution is 0.102. The number of anilines is 2. The number of amides is 1. The van der Waals surface area contributed by atoms with Gasteiger partial charge in [0.15, 0.2) is 0 Å². The monoisotopic (exact) mass is 308 g/mol. The largest absolute Gasteiger partial charge is 0.375 e. The normalized spacial score (nSPS) is 10.8. The molecule has 1 aromatic heterocycles. The van der Waals surface area contributed by atoms with Crippen LogP contribution in [-0.4, -0.2) is 30.2 Å². The second kappa shape index (κ2) is 6.17. The Morgan fingerprint density at radius 1 is 1.33 bits per heavy atom. The first-order chi connectivity index (χ1) is 9.88. The Morgan fingerprint density at radius 3 is 2.57 bits per heavy atom. The smallest absolute Gasteiger partial charge is 0.257 e. The molecule has 0 unspecified atom stereocenters. The number of carbonyl (C=O) groups is 1. The van der Waals surface area contributed by atoms with Crippen LogP contribution in [-0.2, 0) is 0 Å². The number of carbonyl (C=O) groups excluding carboxylic acids is 1. The Balaban J connectivity index is 2.14. The third-order valence-electron chi connectivity index (χ3n) is 2.85. The van der Waals surface area contributed by atoms with E-state index in [9.17, 15) is 9.18 Å². The predicted molar refractivity (Wildman–Crippen MR) is 82.7 cm³/mol. The molecule has 0 fully saturated rings. The quantitative estimate of drug-likeness (QED) is 0.943. The van der Waals surface area contributed by atoms with Gasteiger partial charge in [-0.15, -0.1) is 10.2 Å². The van der Waals surface area contributed by atoms with Crippen molar-refractivity contribution in [3.05, 3.63) is 34.6 Å². The fourth-order valence-electron chi connectivity index (χ4n) is 1.70. The topological polar surface area (TPSA) is 58.1 Å². The van der Waals surface area contributed by atoms with Gasteiger partial charge in [-0.05, 0) is 18.2 Å². The molecule has 0 aliphatic rings. The van der Waals surface area contributed by atoms with E-state index in [1.54, 1.807) is 31.1 Å². The van der Waals surface area contributed by atoms with E-state index >= 15 is 0 Å². The van der Waals surface area contributed by atoms with Gasteiger partial charge in [-0.2, -0.15) is 0 Å². The van der Waals surface area contributed by atoms with Crippen LogP contribution in [0.15, 0.2) is 18.2 Å². The summed E-state index contributed by atoms with van der Waals surface area (Å²) in [5.74, 6) is -0.580. The first-order valence-electron chi connectivity index (χ1n) is 6.50. The maximum absolute atomic E-state index is 13.9. The van der Waals surface area contributed by atoms with Gasteiger partial charge in [0.25, 0.3) is 5.91 Å². The van der Waals surface area contributed by atoms with E-state index in [0.717, 1.165) is 5.01 Å². The van der Waals surface area contributed by atoms with Gasteiger partial charge in [-0.1, -0.05) is 25.2 Å². The third-order valence-corrected chi connectivity index (χ3v) is 3.99. The number of nitrogens with one attached hydrogen (secondary N) is 1. The SMILES string of the molecule is CC(C)c1nnc(NC(=O)c2ccc(N(C)C)c(F)c2)s1. The molecule has 1 N–H and O–H groups in total. The van der Waals surface area contributed by atoms with E-state index in [4.69, 9.17) is 0 Å². The molecule has 2 aromatic rings. The van der Waals surface area contributed by atoms with Crippen molar-refractivity contribution in [2.45, 2.75) is 19.8 Å². The van der Waals surface area contributed by atoms with Gasteiger partial charge in [0, 0.05) is 25.6 Å². The summed E-state index contributed by atoms with van der Waals surface area (Å²) < 4.78 is 13.9. The second-order valence-electron chi connectivity index (χ2n) is 5.11. The molecule has 0 saturated carbocycles. The number of aromatic nitrogens is 2. The highest BCUT2D eigenvalue weighted by Gasteiger charge is 2.14. The molecule has 7 heteroatoms. The van der Waals surface area contributed by atoms with Gasteiger partial charge in [0.05, 0.1) is 5.69 Å². The predicted octanol–water partition coefficient (Wildman–Crippen LogP) is 3.12. The molecule has 0 radical (unpaired) electrons. The van der Waals surface area contributed by atoms with Crippen molar-refractivity contribution >= 4 is 28.1 Å². The minimum atomic E-state index is -0.437. The first-order valence-corrected chi connectivity index (χ1v) is 7.31. The molecular weight excluding hydrogens is 291 g/mol. The van der Waals surface area contributed by atoms with Crippen LogP contribution in [0.3, 0.4) is 0 Å². The van der Waals surface area contributed by atoms with Crippen LogP contribution in [0.5, 0.6) is 0 Å². The summed E-state index contributed by atoms with van der Waals surface area (Å²) >= 11 is 1.32. The lowest BCUT2D eigenvalue weighted by Crippen LogP contribution is -2.14. The molecule has 0 spiro atoms. The first kappa shape index (κ1) is 15.4. The third kappa shape index (κ3) is 3.55. The molecule has 21 heavy (non-hydrogen) atoms. The lowest BCUT2D eigenvalue weighted by Gasteiger charge is -2.13. The Hall–Kier alpha value is -2.02. The summed E-state index contributed by atoms with van der Waals surface area (Å²) in [6.07, 6.45) is 0. The number of hydrogen-bond donors (Lipinski definition) is 1. The standard InChI is InChI=1S/C14H17FN4OS/c1-8(2)13-17-18-14(21-13)16-12(20)9-5-6-11(19(3)4)10(15)7-9/h5-8H,1-4H3,(H,16,18,20). The van der Waals surface area contributed by atoms with Crippen LogP contribution in [0, 0.1) is 5.82 Å². The minimum absolute atomic E-state index is 0.249. The van der Waals surface area contributed by atoms with Crippen molar-refractivity contribution in [2.24, 2.45) is 0 Å². The van der Waals surface area contributed by atoms with Crippen LogP contribution < -0.4 is 10.2 Å². The van der Waals surface area contributed by atoms with Crippen LogP contribution in [0.4, 0.5) is 15.2 Å². The Morgan fingerprint density at radius 2 is 2.05 bits per heavy atom. The molecule has 5 nitrogen and oxygen atoms in total. The molecule has 112 valence electrons. The molecule has 0 aliphatic carbocycles. The zero-order valence-electron chi connectivity index (χ0n) is 12.3. The van der Waals surface area contributed by atoms with Gasteiger partial charge < -0.3 is 4.90 Å². The zero-order valence-corrected chi connectivity index (χ0v) is 13.2. The van der Waals surface area contributed by atoms with Crippen molar-refractivity contribution in [1.29, 1.82) is 0 Å². The molecule has 1 amide bonds. The summed E-state index contributed by atoms with van der Waals surface area (Å²) in [4.78, 5) is 13.7. The number of rotatable bonds is 4. The van der Waals surface area contributed by atoms with E-state index in [0.29, 0.717) is 10.8 Å². The average Bonchev–Trinajstić information content (AvgIpc) is 2.86. The van der Waals surface area contributed by atoms with Crippen molar-refractivity contribution in [1.82, 2.24) is 10.2 Å². The molecule has 0 saturated heterocycles. The average molecular weight is 308 g/mol. The molecule has 2 rings (SSSR count). The van der Waals surface area contributed by atoms with E-state index in [1.807, 2.05) is 13.8 Å². The van der Waals surface area contributed by atoms with E-state index in [2.05, 4.69) is 15.5 Å². The Bertz CT molecular complexity index is 654. The van der Waals surface area contributed by atoms with E-state index in [-0.39, 0.29) is 11.5 Å². The fourth-order valence-corrected chi connectivity index (χ4v) is 2.44. The van der Waals surface area contributed by atoms with Crippen LogP contribution in [0.2, 0.25) is 0 Å². The van der Waals surface area contributed by atoms with Crippen molar-refractivity contribution in [3.63, 3.8) is 0 Å². The maximum atomic E-state index is 13.9. The van der Waals surface area contributed by atoms with Crippen LogP contribution >= 0.6 is 11.3 Å². The van der Waals surface area contributed by atoms with Crippen molar-refractivity contribution in [2.75, 3.05) is 24.3 Å².